The van der Waals surface area contributed by atoms with Gasteiger partial charge in [-0.25, -0.2) is 0 Å². The summed E-state index contributed by atoms with van der Waals surface area (Å²) in [4.78, 5) is 15.6. The van der Waals surface area contributed by atoms with Crippen LogP contribution in [0.2, 0.25) is 0 Å². The molecule has 1 aliphatic rings. The molecule has 4 rings (SSSR count). The highest BCUT2D eigenvalue weighted by Crippen LogP contribution is 2.27. The zero-order valence-corrected chi connectivity index (χ0v) is 24.5. The van der Waals surface area contributed by atoms with E-state index < -0.39 is 0 Å². The van der Waals surface area contributed by atoms with Crippen LogP contribution in [-0.2, 0) is 6.54 Å². The normalized spacial score (nSPS) is 15.6. The lowest BCUT2D eigenvalue weighted by Crippen LogP contribution is -2.38. The van der Waals surface area contributed by atoms with E-state index in [4.69, 9.17) is 14.9 Å². The maximum Gasteiger partial charge on any atom is 0.291 e. The Morgan fingerprint density at radius 3 is 2.52 bits per heavy atom. The van der Waals surface area contributed by atoms with Gasteiger partial charge < -0.3 is 20.2 Å². The number of anilines is 1. The molecule has 1 fully saturated rings. The van der Waals surface area contributed by atoms with Crippen LogP contribution in [0.15, 0.2) is 76.4 Å². The number of aryl methyl sites for hydroxylation is 2. The van der Waals surface area contributed by atoms with Crippen molar-refractivity contribution >= 4 is 17.3 Å². The number of ether oxygens (including phenoxy) is 1. The van der Waals surface area contributed by atoms with Crippen molar-refractivity contribution in [2.24, 2.45) is 5.73 Å². The van der Waals surface area contributed by atoms with E-state index in [0.717, 1.165) is 72.5 Å². The number of hydrogen-bond donors (Lipinski definition) is 2. The van der Waals surface area contributed by atoms with E-state index in [0.29, 0.717) is 18.0 Å². The summed E-state index contributed by atoms with van der Waals surface area (Å²) in [7, 11) is 0. The first-order valence-corrected chi connectivity index (χ1v) is 14.3. The van der Waals surface area contributed by atoms with Crippen LogP contribution in [-0.4, -0.2) is 30.0 Å². The van der Waals surface area contributed by atoms with Gasteiger partial charge in [0.05, 0.1) is 6.26 Å². The smallest absolute Gasteiger partial charge is 0.291 e. The summed E-state index contributed by atoms with van der Waals surface area (Å²) in [6.07, 6.45) is 8.03. The van der Waals surface area contributed by atoms with Gasteiger partial charge in [0.15, 0.2) is 5.76 Å². The Labute approximate surface area is 238 Å². The molecular weight excluding hydrogens is 498 g/mol. The molecule has 3 aromatic rings. The van der Waals surface area contributed by atoms with Gasteiger partial charge in [0, 0.05) is 42.1 Å². The van der Waals surface area contributed by atoms with E-state index in [9.17, 15) is 4.79 Å². The Balaban J connectivity index is 1.38. The van der Waals surface area contributed by atoms with E-state index in [1.807, 2.05) is 50.2 Å². The monoisotopic (exact) mass is 541 g/mol. The molecule has 0 saturated carbocycles. The van der Waals surface area contributed by atoms with E-state index in [2.05, 4.69) is 49.2 Å². The Hall–Kier alpha value is -3.77. The van der Waals surface area contributed by atoms with Gasteiger partial charge in [0.2, 0.25) is 0 Å². The molecule has 0 unspecified atom stereocenters. The molecule has 3 N–H and O–H groups in total. The lowest BCUT2D eigenvalue weighted by atomic mass is 9.97. The van der Waals surface area contributed by atoms with Crippen molar-refractivity contribution in [3.8, 4) is 5.75 Å². The van der Waals surface area contributed by atoms with Crippen molar-refractivity contribution in [2.75, 3.05) is 18.4 Å². The number of allylic oxidation sites excluding steroid dienone is 3. The Morgan fingerprint density at radius 2 is 1.82 bits per heavy atom. The van der Waals surface area contributed by atoms with E-state index in [1.165, 1.54) is 11.1 Å². The van der Waals surface area contributed by atoms with Crippen molar-refractivity contribution in [3.05, 3.63) is 100 Å². The number of hydrogen-bond acceptors (Lipinski definition) is 5. The minimum Gasteiger partial charge on any atom is -0.490 e. The average Bonchev–Trinajstić information content (AvgIpc) is 3.42. The number of furan rings is 1. The number of carbonyl (C=O) groups is 1. The molecule has 1 aromatic heterocycles. The fraction of sp³-hybridized carbons (Fsp3) is 0.382. The van der Waals surface area contributed by atoms with Gasteiger partial charge in [0.25, 0.3) is 5.91 Å². The van der Waals surface area contributed by atoms with E-state index >= 15 is 0 Å². The average molecular weight is 542 g/mol. The lowest BCUT2D eigenvalue weighted by Gasteiger charge is -2.32. The van der Waals surface area contributed by atoms with Crippen LogP contribution in [0.3, 0.4) is 0 Å². The summed E-state index contributed by atoms with van der Waals surface area (Å²) in [5, 5.41) is 3.02. The number of nitrogens with zero attached hydrogens (tertiary/aromatic N) is 1. The second kappa shape index (κ2) is 13.5. The number of benzene rings is 2. The first-order chi connectivity index (χ1) is 19.2. The summed E-state index contributed by atoms with van der Waals surface area (Å²) in [6.45, 7) is 12.9. The highest BCUT2D eigenvalue weighted by Gasteiger charge is 2.24. The van der Waals surface area contributed by atoms with Crippen molar-refractivity contribution in [1.29, 1.82) is 0 Å². The van der Waals surface area contributed by atoms with Crippen LogP contribution in [0.4, 0.5) is 5.69 Å². The second-order valence-corrected chi connectivity index (χ2v) is 10.9. The van der Waals surface area contributed by atoms with Crippen molar-refractivity contribution in [2.45, 2.75) is 73.0 Å². The van der Waals surface area contributed by atoms with Gasteiger partial charge in [-0.3, -0.25) is 9.69 Å². The molecule has 0 radical (unpaired) electrons. The molecule has 0 atom stereocenters. The van der Waals surface area contributed by atoms with Crippen LogP contribution in [0.25, 0.3) is 5.70 Å². The molecule has 40 heavy (non-hydrogen) atoms. The molecular formula is C34H43N3O3. The highest BCUT2D eigenvalue weighted by atomic mass is 16.5. The summed E-state index contributed by atoms with van der Waals surface area (Å²) in [5.41, 5.74) is 14.3. The lowest BCUT2D eigenvalue weighted by molar-refractivity contribution is 0.0941. The summed E-state index contributed by atoms with van der Waals surface area (Å²) >= 11 is 0. The number of nitrogens with two attached hydrogens (primary N) is 1. The molecule has 2 aromatic carbocycles. The summed E-state index contributed by atoms with van der Waals surface area (Å²) in [6, 6.07) is 15.9. The van der Waals surface area contributed by atoms with Gasteiger partial charge in [-0.2, -0.15) is 0 Å². The van der Waals surface area contributed by atoms with Gasteiger partial charge in [-0.15, -0.1) is 0 Å². The predicted molar refractivity (Wildman–Crippen MR) is 163 cm³/mol. The highest BCUT2D eigenvalue weighted by molar-refractivity contribution is 6.03. The molecule has 2 heterocycles. The molecule has 212 valence electrons. The zero-order valence-electron chi connectivity index (χ0n) is 24.5. The first-order valence-electron chi connectivity index (χ1n) is 14.3. The number of unbranched alkanes of at least 4 members (excludes halogenated alkanes) is 1. The number of rotatable bonds is 10. The van der Waals surface area contributed by atoms with E-state index in [-0.39, 0.29) is 12.0 Å². The van der Waals surface area contributed by atoms with E-state index in [1.54, 1.807) is 6.26 Å². The first kappa shape index (κ1) is 29.2. The van der Waals surface area contributed by atoms with Gasteiger partial charge in [0.1, 0.15) is 11.9 Å². The molecule has 6 nitrogen and oxygen atoms in total. The predicted octanol–water partition coefficient (Wildman–Crippen LogP) is 7.63. The van der Waals surface area contributed by atoms with Crippen LogP contribution >= 0.6 is 0 Å². The summed E-state index contributed by atoms with van der Waals surface area (Å²) in [5.74, 6) is 1.01. The van der Waals surface area contributed by atoms with Gasteiger partial charge >= 0.3 is 0 Å². The summed E-state index contributed by atoms with van der Waals surface area (Å²) < 4.78 is 11.8. The zero-order chi connectivity index (χ0) is 28.6. The largest absolute Gasteiger partial charge is 0.490 e. The van der Waals surface area contributed by atoms with Crippen LogP contribution < -0.4 is 15.8 Å². The Kier molecular flexibility index (Phi) is 9.88. The fourth-order valence-electron chi connectivity index (χ4n) is 5.00. The topological polar surface area (TPSA) is 80.7 Å². The Bertz CT molecular complexity index is 1360. The van der Waals surface area contributed by atoms with Crippen molar-refractivity contribution in [3.63, 3.8) is 0 Å². The quantitative estimate of drug-likeness (QED) is 0.258. The van der Waals surface area contributed by atoms with Crippen LogP contribution in [0.1, 0.15) is 79.3 Å². The number of carbonyl (C=O) groups excluding carboxylic acids is 1. The molecule has 0 aliphatic carbocycles. The van der Waals surface area contributed by atoms with Crippen molar-refractivity contribution in [1.82, 2.24) is 4.90 Å². The minimum absolute atomic E-state index is 0.206. The number of piperidine rings is 1. The third-order valence-electron chi connectivity index (χ3n) is 7.73. The molecule has 1 amide bonds. The van der Waals surface area contributed by atoms with Gasteiger partial charge in [-0.05, 0) is 88.4 Å². The maximum absolute atomic E-state index is 13.2. The Morgan fingerprint density at radius 1 is 1.10 bits per heavy atom. The third kappa shape index (κ3) is 7.45. The fourth-order valence-corrected chi connectivity index (χ4v) is 5.00. The van der Waals surface area contributed by atoms with Crippen LogP contribution in [0, 0.1) is 13.8 Å². The number of amides is 1. The molecule has 0 spiro atoms. The maximum atomic E-state index is 13.2. The molecule has 1 saturated heterocycles. The minimum atomic E-state index is -0.259. The SMILES string of the molecule is CCC/C=C(C)/C(C)=C(/N)c1cc(NC(=O)c2occc2CN2CCC(Oc3ccc(C)cc3)CC2)ccc1C. The standard InChI is InChI=1S/C34H43N3O3/c1-6-7-8-24(3)26(5)32(35)31-21-28(12-11-25(31)4)36-34(38)33-27(17-20-39-33)22-37-18-15-30(16-19-37)40-29-13-9-23(2)10-14-29/h8-14,17,20-21,30H,6-7,15-16,18-19,22,35H2,1-5H3,(H,36,38)/b24-8+,32-26+. The molecule has 6 heteroatoms. The van der Waals surface area contributed by atoms with Crippen LogP contribution in [0.5, 0.6) is 5.75 Å². The number of likely N-dealkylation sites (tertiary alicyclic amines) is 1. The third-order valence-corrected chi connectivity index (χ3v) is 7.73. The number of nitrogens with one attached hydrogen (secondary N) is 1. The molecule has 0 bridgehead atoms. The molecule has 1 aliphatic heterocycles. The second-order valence-electron chi connectivity index (χ2n) is 10.9. The van der Waals surface area contributed by atoms with Gasteiger partial charge in [-0.1, -0.05) is 48.8 Å². The van der Waals surface area contributed by atoms with Crippen molar-refractivity contribution < 1.29 is 13.9 Å².